The standard InChI is InChI=1S/C14H26N2O2/c1-5-14(2,3)10-6-8-11(9-7-10)16-13(18)12(17)15-4/h10-11H,5-9H2,1-4H3,(H,15,17)(H,16,18). The highest BCUT2D eigenvalue weighted by Crippen LogP contribution is 2.40. The molecule has 1 saturated carbocycles. The van der Waals surface area contributed by atoms with Gasteiger partial charge in [-0.25, -0.2) is 0 Å². The summed E-state index contributed by atoms with van der Waals surface area (Å²) < 4.78 is 0. The number of carbonyl (C=O) groups is 2. The number of rotatable bonds is 3. The molecule has 104 valence electrons. The molecular formula is C14H26N2O2. The summed E-state index contributed by atoms with van der Waals surface area (Å²) in [4.78, 5) is 22.6. The van der Waals surface area contributed by atoms with Crippen LogP contribution >= 0.6 is 0 Å². The van der Waals surface area contributed by atoms with E-state index in [1.54, 1.807) is 0 Å². The van der Waals surface area contributed by atoms with Crippen LogP contribution < -0.4 is 10.6 Å². The number of likely N-dealkylation sites (N-methyl/N-ethyl adjacent to an activating group) is 1. The summed E-state index contributed by atoms with van der Waals surface area (Å²) in [7, 11) is 1.47. The van der Waals surface area contributed by atoms with Crippen molar-refractivity contribution in [3.05, 3.63) is 0 Å². The topological polar surface area (TPSA) is 58.2 Å². The summed E-state index contributed by atoms with van der Waals surface area (Å²) in [5.41, 5.74) is 0.385. The third-order valence-electron chi connectivity index (χ3n) is 4.51. The molecule has 1 aliphatic carbocycles. The van der Waals surface area contributed by atoms with Crippen LogP contribution in [0.2, 0.25) is 0 Å². The summed E-state index contributed by atoms with van der Waals surface area (Å²) >= 11 is 0. The second kappa shape index (κ2) is 6.21. The minimum atomic E-state index is -0.550. The number of hydrogen-bond acceptors (Lipinski definition) is 2. The number of hydrogen-bond donors (Lipinski definition) is 2. The molecule has 0 aromatic rings. The average molecular weight is 254 g/mol. The van der Waals surface area contributed by atoms with E-state index in [1.807, 2.05) is 0 Å². The first-order valence-corrected chi connectivity index (χ1v) is 6.93. The number of amides is 2. The van der Waals surface area contributed by atoms with Crippen molar-refractivity contribution in [3.63, 3.8) is 0 Å². The Morgan fingerprint density at radius 3 is 2.11 bits per heavy atom. The summed E-state index contributed by atoms with van der Waals surface area (Å²) in [5.74, 6) is -0.322. The van der Waals surface area contributed by atoms with Gasteiger partial charge in [0.05, 0.1) is 0 Å². The van der Waals surface area contributed by atoms with Crippen LogP contribution in [0.4, 0.5) is 0 Å². The first-order valence-electron chi connectivity index (χ1n) is 6.93. The maximum atomic E-state index is 11.5. The van der Waals surface area contributed by atoms with Crippen LogP contribution in [0.3, 0.4) is 0 Å². The maximum absolute atomic E-state index is 11.5. The molecule has 0 heterocycles. The van der Waals surface area contributed by atoms with Crippen LogP contribution in [0.1, 0.15) is 52.9 Å². The molecular weight excluding hydrogens is 228 g/mol. The van der Waals surface area contributed by atoms with Gasteiger partial charge < -0.3 is 10.6 Å². The largest absolute Gasteiger partial charge is 0.351 e. The fourth-order valence-electron chi connectivity index (χ4n) is 2.67. The van der Waals surface area contributed by atoms with Crippen LogP contribution in [-0.4, -0.2) is 24.9 Å². The highest BCUT2D eigenvalue weighted by molar-refractivity contribution is 6.35. The van der Waals surface area contributed by atoms with Gasteiger partial charge in [-0.05, 0) is 37.0 Å². The molecule has 1 fully saturated rings. The highest BCUT2D eigenvalue weighted by Gasteiger charge is 2.32. The lowest BCUT2D eigenvalue weighted by Crippen LogP contribution is -2.45. The molecule has 0 unspecified atom stereocenters. The smallest absolute Gasteiger partial charge is 0.309 e. The van der Waals surface area contributed by atoms with Gasteiger partial charge in [0.15, 0.2) is 0 Å². The highest BCUT2D eigenvalue weighted by atomic mass is 16.2. The van der Waals surface area contributed by atoms with Gasteiger partial charge in [-0.1, -0.05) is 27.2 Å². The molecule has 4 nitrogen and oxygen atoms in total. The Morgan fingerprint density at radius 1 is 1.11 bits per heavy atom. The van der Waals surface area contributed by atoms with E-state index in [-0.39, 0.29) is 6.04 Å². The van der Waals surface area contributed by atoms with Crippen LogP contribution in [0, 0.1) is 11.3 Å². The monoisotopic (exact) mass is 254 g/mol. The van der Waals surface area contributed by atoms with Gasteiger partial charge in [0.2, 0.25) is 0 Å². The minimum absolute atomic E-state index is 0.165. The van der Waals surface area contributed by atoms with Crippen molar-refractivity contribution in [1.29, 1.82) is 0 Å². The van der Waals surface area contributed by atoms with Crippen molar-refractivity contribution in [1.82, 2.24) is 10.6 Å². The van der Waals surface area contributed by atoms with E-state index in [0.717, 1.165) is 31.6 Å². The van der Waals surface area contributed by atoms with Crippen LogP contribution in [0.5, 0.6) is 0 Å². The fourth-order valence-corrected chi connectivity index (χ4v) is 2.67. The molecule has 0 atom stereocenters. The molecule has 18 heavy (non-hydrogen) atoms. The van der Waals surface area contributed by atoms with E-state index in [9.17, 15) is 9.59 Å². The summed E-state index contributed by atoms with van der Waals surface area (Å²) in [6.07, 6.45) is 5.43. The van der Waals surface area contributed by atoms with Crippen LogP contribution in [0.15, 0.2) is 0 Å². The molecule has 0 saturated heterocycles. The van der Waals surface area contributed by atoms with Gasteiger partial charge in [-0.3, -0.25) is 9.59 Å². The number of carbonyl (C=O) groups excluding carboxylic acids is 2. The lowest BCUT2D eigenvalue weighted by atomic mass is 9.69. The predicted octanol–water partition coefficient (Wildman–Crippen LogP) is 1.84. The third-order valence-corrected chi connectivity index (χ3v) is 4.51. The predicted molar refractivity (Wildman–Crippen MR) is 72.0 cm³/mol. The Morgan fingerprint density at radius 2 is 1.67 bits per heavy atom. The van der Waals surface area contributed by atoms with E-state index in [2.05, 4.69) is 31.4 Å². The SMILES string of the molecule is CCC(C)(C)C1CCC(NC(=O)C(=O)NC)CC1. The molecule has 2 N–H and O–H groups in total. The van der Waals surface area contributed by atoms with Crippen molar-refractivity contribution >= 4 is 11.8 Å². The van der Waals surface area contributed by atoms with Crippen molar-refractivity contribution in [2.45, 2.75) is 58.9 Å². The molecule has 1 rings (SSSR count). The van der Waals surface area contributed by atoms with Gasteiger partial charge in [0, 0.05) is 13.1 Å². The Balaban J connectivity index is 2.40. The van der Waals surface area contributed by atoms with E-state index in [1.165, 1.54) is 13.5 Å². The maximum Gasteiger partial charge on any atom is 0.309 e. The third kappa shape index (κ3) is 3.72. The van der Waals surface area contributed by atoms with Crippen LogP contribution in [-0.2, 0) is 9.59 Å². The normalized spacial score (nSPS) is 24.4. The molecule has 2 amide bonds. The molecule has 0 aliphatic heterocycles. The quantitative estimate of drug-likeness (QED) is 0.755. The molecule has 4 heteroatoms. The first kappa shape index (κ1) is 15.0. The number of nitrogens with one attached hydrogen (secondary N) is 2. The minimum Gasteiger partial charge on any atom is -0.351 e. The summed E-state index contributed by atoms with van der Waals surface area (Å²) in [5, 5.41) is 5.15. The Kier molecular flexibility index (Phi) is 5.17. The van der Waals surface area contributed by atoms with Crippen molar-refractivity contribution in [3.8, 4) is 0 Å². The van der Waals surface area contributed by atoms with Crippen molar-refractivity contribution in [2.24, 2.45) is 11.3 Å². The zero-order chi connectivity index (χ0) is 13.8. The van der Waals surface area contributed by atoms with E-state index in [0.29, 0.717) is 5.41 Å². The molecule has 0 aromatic heterocycles. The fraction of sp³-hybridized carbons (Fsp3) is 0.857. The molecule has 0 spiro atoms. The molecule has 0 bridgehead atoms. The van der Waals surface area contributed by atoms with Gasteiger partial charge in [-0.15, -0.1) is 0 Å². The van der Waals surface area contributed by atoms with Gasteiger partial charge in [0.1, 0.15) is 0 Å². The van der Waals surface area contributed by atoms with Gasteiger partial charge >= 0.3 is 11.8 Å². The molecule has 0 radical (unpaired) electrons. The summed E-state index contributed by atoms with van der Waals surface area (Å²) in [6.45, 7) is 6.88. The Labute approximate surface area is 110 Å². The Hall–Kier alpha value is -1.06. The molecule has 0 aromatic carbocycles. The first-order chi connectivity index (χ1) is 8.40. The second-order valence-electron chi connectivity index (χ2n) is 5.94. The van der Waals surface area contributed by atoms with Crippen molar-refractivity contribution in [2.75, 3.05) is 7.05 Å². The van der Waals surface area contributed by atoms with Gasteiger partial charge in [0.25, 0.3) is 0 Å². The average Bonchev–Trinajstić information content (AvgIpc) is 2.38. The zero-order valence-corrected chi connectivity index (χ0v) is 12.0. The Bertz CT molecular complexity index is 305. The molecule has 1 aliphatic rings. The van der Waals surface area contributed by atoms with Crippen LogP contribution in [0.25, 0.3) is 0 Å². The van der Waals surface area contributed by atoms with E-state index >= 15 is 0 Å². The summed E-state index contributed by atoms with van der Waals surface area (Å²) in [6, 6.07) is 0.165. The van der Waals surface area contributed by atoms with Crippen molar-refractivity contribution < 1.29 is 9.59 Å². The van der Waals surface area contributed by atoms with E-state index in [4.69, 9.17) is 0 Å². The zero-order valence-electron chi connectivity index (χ0n) is 12.0. The second-order valence-corrected chi connectivity index (χ2v) is 5.94. The van der Waals surface area contributed by atoms with E-state index < -0.39 is 11.8 Å². The van der Waals surface area contributed by atoms with Gasteiger partial charge in [-0.2, -0.15) is 0 Å². The lowest BCUT2D eigenvalue weighted by molar-refractivity contribution is -0.139. The lowest BCUT2D eigenvalue weighted by Gasteiger charge is -2.39.